The average molecular weight is 1120 g/mol. The molecule has 2 atom stereocenters. The van der Waals surface area contributed by atoms with E-state index in [1.807, 2.05) is 82.0 Å². The fraction of sp³-hybridized carbons (Fsp3) is 0.339. The number of hydrogen-bond acceptors (Lipinski definition) is 17. The first-order chi connectivity index (χ1) is 40.3. The smallest absolute Gasteiger partial charge is 0.236 e. The van der Waals surface area contributed by atoms with Gasteiger partial charge in [0.15, 0.2) is 29.1 Å². The molecule has 0 unspecified atom stereocenters. The van der Waals surface area contributed by atoms with Crippen LogP contribution in [0, 0.1) is 11.8 Å². The molecule has 23 nitrogen and oxygen atoms in total. The Morgan fingerprint density at radius 3 is 1.46 bits per heavy atom. The van der Waals surface area contributed by atoms with Gasteiger partial charge in [0, 0.05) is 149 Å². The fourth-order valence-electron chi connectivity index (χ4n) is 11.3. The number of fused-ring (bicyclic) bond motifs is 2. The molecule has 5 N–H and O–H groups in total. The lowest BCUT2D eigenvalue weighted by Crippen LogP contribution is -2.51. The van der Waals surface area contributed by atoms with Gasteiger partial charge in [-0.2, -0.15) is 5.10 Å². The number of nitrogens with one attached hydrogen (secondary N) is 3. The van der Waals surface area contributed by atoms with Gasteiger partial charge in [0.25, 0.3) is 0 Å². The maximum absolute atomic E-state index is 13.1. The summed E-state index contributed by atoms with van der Waals surface area (Å²) in [6.45, 7) is 8.93. The number of aromatic nitrogens is 8. The van der Waals surface area contributed by atoms with Gasteiger partial charge >= 0.3 is 0 Å². The highest BCUT2D eigenvalue weighted by Crippen LogP contribution is 2.29. The topological polar surface area (TPSA) is 254 Å². The first-order valence-corrected chi connectivity index (χ1v) is 27.9. The Morgan fingerprint density at radius 2 is 1.01 bits per heavy atom. The summed E-state index contributed by atoms with van der Waals surface area (Å²) in [5.41, 5.74) is 12.9. The first kappa shape index (κ1) is 55.6. The summed E-state index contributed by atoms with van der Waals surface area (Å²) in [7, 11) is 9.08. The van der Waals surface area contributed by atoms with Crippen molar-refractivity contribution >= 4 is 93.5 Å². The zero-order valence-electron chi connectivity index (χ0n) is 46.5. The van der Waals surface area contributed by atoms with Crippen molar-refractivity contribution in [2.45, 2.75) is 12.8 Å². The monoisotopic (exact) mass is 1120 g/mol. The molecular formula is C59H65BN18O5. The zero-order valence-corrected chi connectivity index (χ0v) is 46.5. The number of carbonyl (C=O) groups is 5. The van der Waals surface area contributed by atoms with E-state index in [4.69, 9.17) is 13.6 Å². The molecule has 12 rings (SSSR count). The standard InChI is InChI=1S/C30H35N9O2.C29H30BN9O3/c1-31-29-25-18-23(6-9-26(25)36(2)35-29)34-30(41)22-10-13-37(19-22)20-27(40)39-16-14-38(15-17-39)24-7-4-21(5-8-24)28-32-11-3-12-33-28;30-29(42)39-24-7-4-21(16-23(24)26(31)35-39)34-28(41)20-8-11-36(17-20)18-25(40)38-14-12-37(13-15-38)22-5-2-19(3-6-22)27-32-9-1-10-33-27/h3-9,11-12,18,22H,10,13-17,19-20H2,1-2H3,(H,31,35)(H,34,41);1-7,9-10,16,20H,8,11-15,17-18H2,(H2,31,35)(H,34,41)/t22-;20-/m11/s1. The van der Waals surface area contributed by atoms with Crippen LogP contribution in [0.15, 0.2) is 122 Å². The summed E-state index contributed by atoms with van der Waals surface area (Å²) >= 11 is 0. The van der Waals surface area contributed by atoms with E-state index in [9.17, 15) is 24.0 Å². The highest BCUT2D eigenvalue weighted by atomic mass is 16.2. The second-order valence-electron chi connectivity index (χ2n) is 21.2. The molecule has 0 aliphatic carbocycles. The normalized spacial score (nSPS) is 17.6. The van der Waals surface area contributed by atoms with Crippen LogP contribution in [0.1, 0.15) is 12.8 Å². The lowest BCUT2D eigenvalue weighted by molar-refractivity contribution is -0.133. The number of benzene rings is 4. The highest BCUT2D eigenvalue weighted by Gasteiger charge is 2.33. The lowest BCUT2D eigenvalue weighted by atomic mass is 10.1. The molecule has 0 spiro atoms. The number of likely N-dealkylation sites (tertiary alicyclic amines) is 2. The van der Waals surface area contributed by atoms with Gasteiger partial charge in [-0.1, -0.05) is 0 Å². The molecule has 83 heavy (non-hydrogen) atoms. The third-order valence-corrected chi connectivity index (χ3v) is 15.9. The summed E-state index contributed by atoms with van der Waals surface area (Å²) in [5.74, 6) is 1.31. The zero-order chi connectivity index (χ0) is 57.6. The molecule has 0 bridgehead atoms. The van der Waals surface area contributed by atoms with E-state index >= 15 is 0 Å². The van der Waals surface area contributed by atoms with E-state index in [0.29, 0.717) is 93.6 Å². The number of hydrogen-bond donors (Lipinski definition) is 4. The Labute approximate surface area is 481 Å². The number of piperazine rings is 2. The molecule has 0 saturated carbocycles. The van der Waals surface area contributed by atoms with Crippen LogP contribution in [0.3, 0.4) is 0 Å². The van der Waals surface area contributed by atoms with E-state index < -0.39 is 5.81 Å². The predicted molar refractivity (Wildman–Crippen MR) is 320 cm³/mol. The summed E-state index contributed by atoms with van der Waals surface area (Å²) in [4.78, 5) is 93.5. The van der Waals surface area contributed by atoms with Gasteiger partial charge in [0.2, 0.25) is 31.5 Å². The number of rotatable bonds is 13. The van der Waals surface area contributed by atoms with Gasteiger partial charge in [-0.3, -0.25) is 38.5 Å². The van der Waals surface area contributed by atoms with Crippen LogP contribution in [0.5, 0.6) is 0 Å². The maximum atomic E-state index is 13.1. The summed E-state index contributed by atoms with van der Waals surface area (Å²) in [5, 5.41) is 19.0. The van der Waals surface area contributed by atoms with Crippen molar-refractivity contribution in [2.24, 2.45) is 18.9 Å². The van der Waals surface area contributed by atoms with Crippen LogP contribution in [-0.4, -0.2) is 195 Å². The third kappa shape index (κ3) is 12.8. The average Bonchev–Trinajstić information content (AvgIpc) is 4.52. The van der Waals surface area contributed by atoms with Crippen LogP contribution in [0.25, 0.3) is 44.6 Å². The van der Waals surface area contributed by atoms with Crippen LogP contribution >= 0.6 is 0 Å². The van der Waals surface area contributed by atoms with Gasteiger partial charge in [-0.25, -0.2) is 24.6 Å². The number of nitrogen functional groups attached to an aromatic ring is 1. The van der Waals surface area contributed by atoms with Crippen molar-refractivity contribution in [1.82, 2.24) is 59.1 Å². The highest BCUT2D eigenvalue weighted by molar-refractivity contribution is 6.58. The Morgan fingerprint density at radius 1 is 0.566 bits per heavy atom. The molecule has 4 fully saturated rings. The lowest BCUT2D eigenvalue weighted by Gasteiger charge is -2.36. The molecule has 424 valence electrons. The third-order valence-electron chi connectivity index (χ3n) is 15.9. The molecule has 4 aliphatic rings. The number of nitrogens with zero attached hydrogens (tertiary/aromatic N) is 14. The maximum Gasteiger partial charge on any atom is 0.236 e. The van der Waals surface area contributed by atoms with Gasteiger partial charge in [0.1, 0.15) is 0 Å². The molecule has 4 aromatic heterocycles. The SMILES string of the molecule is CNc1nn(C)c2ccc(NC(=O)[C@@H]3CCN(CC(=O)N4CCN(c5ccc(-c6ncccn6)cc5)CC4)C3)cc12.[B]C(=O)n1nc(N)c2cc(NC(=O)[C@@H]3CCN(CC(=O)N4CCN(c5ccc(-c6ncccn6)cc5)CC4)C3)ccc21. The van der Waals surface area contributed by atoms with E-state index in [-0.39, 0.29) is 41.3 Å². The minimum atomic E-state index is -0.735. The molecule has 24 heteroatoms. The molecule has 4 aromatic carbocycles. The van der Waals surface area contributed by atoms with Gasteiger partial charge in [0.05, 0.1) is 36.0 Å². The number of anilines is 6. The largest absolute Gasteiger partial charge is 0.382 e. The second-order valence-corrected chi connectivity index (χ2v) is 21.2. The van der Waals surface area contributed by atoms with Crippen LogP contribution < -0.4 is 31.5 Å². The molecule has 4 aliphatic heterocycles. The molecule has 4 saturated heterocycles. The molecule has 2 radical (unpaired) electrons. The predicted octanol–water partition coefficient (Wildman–Crippen LogP) is 4.50. The molecule has 8 heterocycles. The Bertz CT molecular complexity index is 3620. The molecule has 4 amide bonds. The summed E-state index contributed by atoms with van der Waals surface area (Å²) < 4.78 is 2.85. The number of nitrogens with two attached hydrogens (primary N) is 1. The van der Waals surface area contributed by atoms with Crippen LogP contribution in [0.4, 0.5) is 39.2 Å². The summed E-state index contributed by atoms with van der Waals surface area (Å²) in [6, 6.07) is 30.9. The first-order valence-electron chi connectivity index (χ1n) is 27.9. The van der Waals surface area contributed by atoms with Gasteiger partial charge in [-0.05, 0) is 123 Å². The Hall–Kier alpha value is -9.29. The van der Waals surface area contributed by atoms with E-state index in [0.717, 1.165) is 88.7 Å². The number of amides is 4. The minimum Gasteiger partial charge on any atom is -0.382 e. The van der Waals surface area contributed by atoms with Crippen molar-refractivity contribution in [3.05, 3.63) is 122 Å². The van der Waals surface area contributed by atoms with E-state index in [1.165, 1.54) is 0 Å². The van der Waals surface area contributed by atoms with E-state index in [1.54, 1.807) is 49.1 Å². The van der Waals surface area contributed by atoms with Crippen molar-refractivity contribution < 1.29 is 24.0 Å². The quantitative estimate of drug-likeness (QED) is 0.116. The molecular weight excluding hydrogens is 1050 g/mol. The number of carbonyl (C=O) groups excluding carboxylic acids is 5. The van der Waals surface area contributed by atoms with Crippen molar-refractivity contribution in [2.75, 3.05) is 130 Å². The number of aryl methyl sites for hydroxylation is 1. The fourth-order valence-corrected chi connectivity index (χ4v) is 11.3. The van der Waals surface area contributed by atoms with Crippen molar-refractivity contribution in [3.63, 3.8) is 0 Å². The van der Waals surface area contributed by atoms with Crippen molar-refractivity contribution in [1.29, 1.82) is 0 Å². The van der Waals surface area contributed by atoms with Gasteiger partial charge < -0.3 is 41.3 Å². The van der Waals surface area contributed by atoms with Crippen LogP contribution in [0.2, 0.25) is 0 Å². The summed E-state index contributed by atoms with van der Waals surface area (Å²) in [6.07, 6.45) is 8.36. The van der Waals surface area contributed by atoms with Crippen molar-refractivity contribution in [3.8, 4) is 22.8 Å². The van der Waals surface area contributed by atoms with Gasteiger partial charge in [-0.15, -0.1) is 5.10 Å². The van der Waals surface area contributed by atoms with E-state index in [2.05, 4.69) is 85.0 Å². The second kappa shape index (κ2) is 24.8. The Balaban J connectivity index is 0.000000174. The minimum absolute atomic E-state index is 0.00680. The van der Waals surface area contributed by atoms with Crippen LogP contribution in [-0.2, 0) is 26.2 Å². The molecule has 8 aromatic rings. The Kier molecular flexibility index (Phi) is 16.6.